The summed E-state index contributed by atoms with van der Waals surface area (Å²) < 4.78 is 0. The van der Waals surface area contributed by atoms with Crippen molar-refractivity contribution in [2.45, 2.75) is 115 Å². The van der Waals surface area contributed by atoms with Gasteiger partial charge in [-0.1, -0.05) is 101 Å². The number of nitroso groups, excluding NO2 is 1. The quantitative estimate of drug-likeness (QED) is 0.488. The van der Waals surface area contributed by atoms with Gasteiger partial charge in [-0.3, -0.25) is 0 Å². The van der Waals surface area contributed by atoms with Crippen LogP contribution < -0.4 is 0 Å². The van der Waals surface area contributed by atoms with Gasteiger partial charge in [0, 0.05) is 0 Å². The summed E-state index contributed by atoms with van der Waals surface area (Å²) in [5.74, 6) is 0. The fourth-order valence-electron chi connectivity index (χ4n) is 3.31. The van der Waals surface area contributed by atoms with Gasteiger partial charge in [-0.05, 0) is 12.8 Å². The monoisotopic (exact) mass is 281 g/mol. The smallest absolute Gasteiger partial charge is 0.0919 e. The number of hydrogen-bond acceptors (Lipinski definition) is 2. The molecule has 0 spiro atoms. The fourth-order valence-corrected chi connectivity index (χ4v) is 3.31. The van der Waals surface area contributed by atoms with E-state index >= 15 is 0 Å². The van der Waals surface area contributed by atoms with E-state index in [1.165, 1.54) is 96.3 Å². The van der Waals surface area contributed by atoms with Crippen LogP contribution in [0.3, 0.4) is 0 Å². The van der Waals surface area contributed by atoms with Gasteiger partial charge in [-0.25, -0.2) is 0 Å². The van der Waals surface area contributed by atoms with Gasteiger partial charge in [0.15, 0.2) is 0 Å². The number of rotatable bonds is 1. The molecule has 0 heterocycles. The summed E-state index contributed by atoms with van der Waals surface area (Å²) >= 11 is 0. The second kappa shape index (κ2) is 13.6. The van der Waals surface area contributed by atoms with Gasteiger partial charge >= 0.3 is 0 Å². The minimum absolute atomic E-state index is 0.105. The minimum Gasteiger partial charge on any atom is -0.151 e. The van der Waals surface area contributed by atoms with Gasteiger partial charge in [0.1, 0.15) is 0 Å². The molecule has 1 saturated carbocycles. The Morgan fingerprint density at radius 3 is 0.950 bits per heavy atom. The minimum atomic E-state index is 0.105. The maximum Gasteiger partial charge on any atom is 0.0919 e. The first-order valence-corrected chi connectivity index (χ1v) is 9.26. The Bertz CT molecular complexity index is 199. The van der Waals surface area contributed by atoms with Crippen LogP contribution >= 0.6 is 0 Å². The maximum atomic E-state index is 10.8. The Labute approximate surface area is 126 Å². The van der Waals surface area contributed by atoms with Crippen LogP contribution in [0, 0.1) is 4.91 Å². The second-order valence-corrected chi connectivity index (χ2v) is 6.64. The van der Waals surface area contributed by atoms with Gasteiger partial charge in [0.05, 0.1) is 6.04 Å². The van der Waals surface area contributed by atoms with Crippen molar-refractivity contribution in [3.8, 4) is 0 Å². The topological polar surface area (TPSA) is 29.4 Å². The molecule has 0 aromatic heterocycles. The van der Waals surface area contributed by atoms with Gasteiger partial charge in [0.2, 0.25) is 0 Å². The molecule has 0 N–H and O–H groups in total. The van der Waals surface area contributed by atoms with Crippen molar-refractivity contribution in [1.82, 2.24) is 0 Å². The molecular formula is C18H35NO. The summed E-state index contributed by atoms with van der Waals surface area (Å²) in [5, 5.41) is 3.33. The molecule has 0 aromatic carbocycles. The Hall–Kier alpha value is -0.400. The van der Waals surface area contributed by atoms with Gasteiger partial charge in [0.25, 0.3) is 0 Å². The van der Waals surface area contributed by atoms with Crippen molar-refractivity contribution in [2.75, 3.05) is 0 Å². The highest BCUT2D eigenvalue weighted by Gasteiger charge is 2.08. The van der Waals surface area contributed by atoms with Crippen LogP contribution in [-0.4, -0.2) is 6.04 Å². The molecule has 0 aromatic rings. The maximum absolute atomic E-state index is 10.8. The third-order valence-corrected chi connectivity index (χ3v) is 4.72. The molecule has 1 fully saturated rings. The number of hydrogen-bond donors (Lipinski definition) is 0. The van der Waals surface area contributed by atoms with E-state index in [1.807, 2.05) is 0 Å². The highest BCUT2D eigenvalue weighted by Crippen LogP contribution is 2.18. The Balaban J connectivity index is 2.16. The Kier molecular flexibility index (Phi) is 12.0. The lowest BCUT2D eigenvalue weighted by Crippen LogP contribution is -2.03. The van der Waals surface area contributed by atoms with E-state index in [0.717, 1.165) is 12.8 Å². The SMILES string of the molecule is O=NC1CCCCCCCCCCCCCCCCC1. The lowest BCUT2D eigenvalue weighted by molar-refractivity contribution is 0.472. The normalized spacial score (nSPS) is 23.6. The average Bonchev–Trinajstić information content (AvgIpc) is 2.47. The van der Waals surface area contributed by atoms with E-state index in [2.05, 4.69) is 5.18 Å². The predicted octanol–water partition coefficient (Wildman–Crippen LogP) is 6.77. The first-order chi connectivity index (χ1) is 9.93. The summed E-state index contributed by atoms with van der Waals surface area (Å²) in [7, 11) is 0. The van der Waals surface area contributed by atoms with Crippen molar-refractivity contribution in [1.29, 1.82) is 0 Å². The standard InChI is InChI=1S/C18H35NO/c20-19-18-16-14-12-10-8-6-4-2-1-3-5-7-9-11-13-15-17-18/h18H,1-17H2. The van der Waals surface area contributed by atoms with Crippen LogP contribution in [0.1, 0.15) is 109 Å². The third-order valence-electron chi connectivity index (χ3n) is 4.72. The molecule has 20 heavy (non-hydrogen) atoms. The molecule has 1 aliphatic rings. The molecule has 118 valence electrons. The number of nitrogens with zero attached hydrogens (tertiary/aromatic N) is 1. The first-order valence-electron chi connectivity index (χ1n) is 9.26. The molecule has 0 atom stereocenters. The van der Waals surface area contributed by atoms with Crippen LogP contribution in [0.2, 0.25) is 0 Å². The molecule has 0 bridgehead atoms. The average molecular weight is 281 g/mol. The van der Waals surface area contributed by atoms with E-state index in [0.29, 0.717) is 0 Å². The van der Waals surface area contributed by atoms with Gasteiger partial charge < -0.3 is 0 Å². The van der Waals surface area contributed by atoms with E-state index in [-0.39, 0.29) is 6.04 Å². The molecule has 2 nitrogen and oxygen atoms in total. The van der Waals surface area contributed by atoms with Gasteiger partial charge in [-0.2, -0.15) is 4.91 Å². The molecule has 1 rings (SSSR count). The highest BCUT2D eigenvalue weighted by molar-refractivity contribution is 4.66. The van der Waals surface area contributed by atoms with E-state index in [4.69, 9.17) is 0 Å². The summed E-state index contributed by atoms with van der Waals surface area (Å²) in [6.07, 6.45) is 22.6. The molecule has 0 aliphatic heterocycles. The molecule has 0 radical (unpaired) electrons. The van der Waals surface area contributed by atoms with E-state index < -0.39 is 0 Å². The molecule has 2 heteroatoms. The highest BCUT2D eigenvalue weighted by atomic mass is 16.3. The second-order valence-electron chi connectivity index (χ2n) is 6.64. The largest absolute Gasteiger partial charge is 0.151 e. The van der Waals surface area contributed by atoms with Crippen LogP contribution in [0.15, 0.2) is 5.18 Å². The van der Waals surface area contributed by atoms with Crippen molar-refractivity contribution >= 4 is 0 Å². The fraction of sp³-hybridized carbons (Fsp3) is 1.00. The van der Waals surface area contributed by atoms with Crippen LogP contribution in [0.25, 0.3) is 0 Å². The first kappa shape index (κ1) is 17.7. The zero-order valence-corrected chi connectivity index (χ0v) is 13.5. The third kappa shape index (κ3) is 10.4. The van der Waals surface area contributed by atoms with Crippen molar-refractivity contribution in [3.63, 3.8) is 0 Å². The van der Waals surface area contributed by atoms with Crippen LogP contribution in [-0.2, 0) is 0 Å². The molecule has 0 saturated heterocycles. The van der Waals surface area contributed by atoms with Crippen molar-refractivity contribution in [2.24, 2.45) is 5.18 Å². The summed E-state index contributed by atoms with van der Waals surface area (Å²) in [6.45, 7) is 0. The zero-order chi connectivity index (χ0) is 14.3. The molecule has 1 aliphatic carbocycles. The van der Waals surface area contributed by atoms with Crippen LogP contribution in [0.4, 0.5) is 0 Å². The summed E-state index contributed by atoms with van der Waals surface area (Å²) in [4.78, 5) is 10.8. The lowest BCUT2D eigenvalue weighted by Gasteiger charge is -2.09. The Morgan fingerprint density at radius 1 is 0.450 bits per heavy atom. The Morgan fingerprint density at radius 2 is 0.700 bits per heavy atom. The van der Waals surface area contributed by atoms with Crippen LogP contribution in [0.5, 0.6) is 0 Å². The summed E-state index contributed by atoms with van der Waals surface area (Å²) in [5.41, 5.74) is 0. The summed E-state index contributed by atoms with van der Waals surface area (Å²) in [6, 6.07) is 0.105. The molecular weight excluding hydrogens is 246 g/mol. The van der Waals surface area contributed by atoms with Gasteiger partial charge in [-0.15, -0.1) is 0 Å². The van der Waals surface area contributed by atoms with Crippen molar-refractivity contribution < 1.29 is 0 Å². The molecule has 0 amide bonds. The predicted molar refractivity (Wildman–Crippen MR) is 88.1 cm³/mol. The van der Waals surface area contributed by atoms with Crippen molar-refractivity contribution in [3.05, 3.63) is 4.91 Å². The lowest BCUT2D eigenvalue weighted by atomic mass is 9.99. The zero-order valence-electron chi connectivity index (χ0n) is 13.5. The van der Waals surface area contributed by atoms with E-state index in [1.54, 1.807) is 0 Å². The van der Waals surface area contributed by atoms with E-state index in [9.17, 15) is 4.91 Å². The molecule has 0 unspecified atom stereocenters.